The molecule has 23 heavy (non-hydrogen) atoms. The van der Waals surface area contributed by atoms with E-state index in [-0.39, 0.29) is 5.41 Å². The van der Waals surface area contributed by atoms with E-state index in [0.29, 0.717) is 0 Å². The highest BCUT2D eigenvalue weighted by Crippen LogP contribution is 2.41. The molecule has 0 spiro atoms. The topological polar surface area (TPSA) is 5.90 Å². The van der Waals surface area contributed by atoms with Gasteiger partial charge in [0.1, 0.15) is 13.1 Å². The zero-order chi connectivity index (χ0) is 15.5. The Kier molecular flexibility index (Phi) is 3.72. The molecular formula is C22H21N+. The van der Waals surface area contributed by atoms with E-state index in [1.165, 1.54) is 16.8 Å². The van der Waals surface area contributed by atoms with Gasteiger partial charge in [0.2, 0.25) is 0 Å². The Morgan fingerprint density at radius 2 is 1.09 bits per heavy atom. The van der Waals surface area contributed by atoms with Crippen LogP contribution in [0, 0.1) is 0 Å². The van der Waals surface area contributed by atoms with Gasteiger partial charge in [-0.1, -0.05) is 78.9 Å². The molecule has 1 fully saturated rings. The van der Waals surface area contributed by atoms with Gasteiger partial charge in [-0.25, -0.2) is 0 Å². The van der Waals surface area contributed by atoms with Gasteiger partial charge in [-0.15, -0.1) is 4.90 Å². The number of hydrogen-bond acceptors (Lipinski definition) is 1. The minimum atomic E-state index is 0.0817. The van der Waals surface area contributed by atoms with Gasteiger partial charge in [0, 0.05) is 18.6 Å². The molecule has 3 aromatic carbocycles. The van der Waals surface area contributed by atoms with Crippen LogP contribution in [0.2, 0.25) is 0 Å². The fourth-order valence-corrected chi connectivity index (χ4v) is 3.82. The summed E-state index contributed by atoms with van der Waals surface area (Å²) in [5.41, 5.74) is 4.24. The first-order valence-corrected chi connectivity index (χ1v) is 8.30. The number of rotatable bonds is 3. The molecule has 1 heteroatoms. The standard InChI is InChI=1S/C22H21N/c1-4-10-19(11-5-1)22(20-12-6-2-7-13-20)16-17-23(18-22)21-14-8-3-9-15-21/h1-15H,16-18H2/q+1. The van der Waals surface area contributed by atoms with Crippen LogP contribution >= 0.6 is 0 Å². The highest BCUT2D eigenvalue weighted by Gasteiger charge is 2.47. The van der Waals surface area contributed by atoms with Crippen molar-refractivity contribution in [3.63, 3.8) is 0 Å². The summed E-state index contributed by atoms with van der Waals surface area (Å²) in [5, 5.41) is 0. The van der Waals surface area contributed by atoms with E-state index >= 15 is 0 Å². The van der Waals surface area contributed by atoms with Crippen LogP contribution in [0.15, 0.2) is 91.0 Å². The normalized spacial score (nSPS) is 17.2. The first-order valence-electron chi connectivity index (χ1n) is 8.30. The Balaban J connectivity index is 1.77. The molecule has 1 aliphatic heterocycles. The summed E-state index contributed by atoms with van der Waals surface area (Å²) in [7, 11) is 0. The minimum Gasteiger partial charge on any atom is -0.133 e. The molecule has 0 aromatic heterocycles. The van der Waals surface area contributed by atoms with Crippen molar-refractivity contribution in [1.29, 1.82) is 0 Å². The molecule has 1 aliphatic rings. The summed E-state index contributed by atoms with van der Waals surface area (Å²) < 4.78 is 0. The van der Waals surface area contributed by atoms with Crippen molar-refractivity contribution in [2.45, 2.75) is 11.8 Å². The summed E-state index contributed by atoms with van der Waals surface area (Å²) in [6.45, 7) is 2.12. The monoisotopic (exact) mass is 299 g/mol. The smallest absolute Gasteiger partial charge is 0.133 e. The summed E-state index contributed by atoms with van der Waals surface area (Å²) in [5.74, 6) is 0. The Morgan fingerprint density at radius 1 is 0.609 bits per heavy atom. The van der Waals surface area contributed by atoms with Crippen molar-refractivity contribution in [3.05, 3.63) is 102 Å². The van der Waals surface area contributed by atoms with Crippen LogP contribution in [-0.4, -0.2) is 13.1 Å². The molecule has 0 unspecified atom stereocenters. The predicted octanol–water partition coefficient (Wildman–Crippen LogP) is 4.85. The molecular weight excluding hydrogens is 278 g/mol. The highest BCUT2D eigenvalue weighted by atomic mass is 15.2. The van der Waals surface area contributed by atoms with E-state index < -0.39 is 0 Å². The first kappa shape index (κ1) is 14.2. The van der Waals surface area contributed by atoms with Crippen LogP contribution in [0.25, 0.3) is 0 Å². The number of anilines is 1. The number of para-hydroxylation sites is 1. The predicted molar refractivity (Wildman–Crippen MR) is 96.3 cm³/mol. The fourth-order valence-electron chi connectivity index (χ4n) is 3.82. The second-order valence-corrected chi connectivity index (χ2v) is 6.32. The molecule has 1 saturated heterocycles. The van der Waals surface area contributed by atoms with Crippen LogP contribution in [0.4, 0.5) is 5.69 Å². The van der Waals surface area contributed by atoms with E-state index in [1.807, 2.05) is 0 Å². The Bertz CT molecular complexity index is 710. The molecule has 0 bridgehead atoms. The van der Waals surface area contributed by atoms with Gasteiger partial charge in [0.05, 0.1) is 5.41 Å². The Labute approximate surface area is 138 Å². The van der Waals surface area contributed by atoms with Gasteiger partial charge in [-0.3, -0.25) is 0 Å². The van der Waals surface area contributed by atoms with Crippen molar-refractivity contribution in [3.8, 4) is 0 Å². The molecule has 0 saturated carbocycles. The van der Waals surface area contributed by atoms with Crippen LogP contribution in [0.3, 0.4) is 0 Å². The summed E-state index contributed by atoms with van der Waals surface area (Å²) in [4.78, 5) is 2.51. The van der Waals surface area contributed by atoms with Crippen LogP contribution in [0.1, 0.15) is 17.5 Å². The summed E-state index contributed by atoms with van der Waals surface area (Å²) in [6, 6.07) is 32.7. The van der Waals surface area contributed by atoms with Crippen LogP contribution in [-0.2, 0) is 5.41 Å². The van der Waals surface area contributed by atoms with Gasteiger partial charge < -0.3 is 0 Å². The molecule has 0 atom stereocenters. The zero-order valence-electron chi connectivity index (χ0n) is 13.2. The summed E-state index contributed by atoms with van der Waals surface area (Å²) in [6.07, 6.45) is 1.15. The van der Waals surface area contributed by atoms with Gasteiger partial charge in [-0.2, -0.15) is 0 Å². The Morgan fingerprint density at radius 3 is 1.61 bits per heavy atom. The van der Waals surface area contributed by atoms with Gasteiger partial charge in [0.15, 0.2) is 5.69 Å². The van der Waals surface area contributed by atoms with Crippen molar-refractivity contribution >= 4 is 5.69 Å². The molecule has 0 N–H and O–H groups in total. The molecule has 4 rings (SSSR count). The second-order valence-electron chi connectivity index (χ2n) is 6.32. The van der Waals surface area contributed by atoms with Crippen LogP contribution in [0.5, 0.6) is 0 Å². The maximum absolute atomic E-state index is 2.51. The van der Waals surface area contributed by atoms with Crippen molar-refractivity contribution in [2.24, 2.45) is 0 Å². The van der Waals surface area contributed by atoms with Crippen molar-refractivity contribution < 1.29 is 0 Å². The quantitative estimate of drug-likeness (QED) is 0.610. The molecule has 1 radical (unpaired) electrons. The molecule has 1 heterocycles. The fraction of sp³-hybridized carbons (Fsp3) is 0.182. The lowest BCUT2D eigenvalue weighted by Crippen LogP contribution is -2.32. The van der Waals surface area contributed by atoms with Crippen molar-refractivity contribution in [2.75, 3.05) is 13.1 Å². The number of hydrogen-bond donors (Lipinski definition) is 0. The first-order chi connectivity index (χ1) is 11.4. The lowest BCUT2D eigenvalue weighted by atomic mass is 9.74. The number of benzene rings is 3. The van der Waals surface area contributed by atoms with E-state index in [4.69, 9.17) is 0 Å². The van der Waals surface area contributed by atoms with Gasteiger partial charge >= 0.3 is 0 Å². The molecule has 0 amide bonds. The molecule has 113 valence electrons. The zero-order valence-corrected chi connectivity index (χ0v) is 13.2. The van der Waals surface area contributed by atoms with Crippen LogP contribution < -0.4 is 4.90 Å². The van der Waals surface area contributed by atoms with E-state index in [2.05, 4.69) is 95.9 Å². The third kappa shape index (κ3) is 2.58. The lowest BCUT2D eigenvalue weighted by Gasteiger charge is -2.27. The third-order valence-corrected chi connectivity index (χ3v) is 5.04. The van der Waals surface area contributed by atoms with E-state index in [1.54, 1.807) is 0 Å². The van der Waals surface area contributed by atoms with Crippen molar-refractivity contribution in [1.82, 2.24) is 4.90 Å². The molecule has 3 aromatic rings. The maximum atomic E-state index is 2.51. The average Bonchev–Trinajstić information content (AvgIpc) is 3.11. The van der Waals surface area contributed by atoms with Gasteiger partial charge in [-0.05, 0) is 11.1 Å². The van der Waals surface area contributed by atoms with E-state index in [9.17, 15) is 0 Å². The largest absolute Gasteiger partial charge is 0.180 e. The van der Waals surface area contributed by atoms with Gasteiger partial charge in [0.25, 0.3) is 0 Å². The minimum absolute atomic E-state index is 0.0817. The average molecular weight is 299 g/mol. The molecule has 0 aliphatic carbocycles. The lowest BCUT2D eigenvalue weighted by molar-refractivity contribution is 0.540. The summed E-state index contributed by atoms with van der Waals surface area (Å²) >= 11 is 0. The Hall–Kier alpha value is -2.38. The highest BCUT2D eigenvalue weighted by molar-refractivity contribution is 5.46. The third-order valence-electron chi connectivity index (χ3n) is 5.04. The second kappa shape index (κ2) is 6.02. The number of nitrogens with zero attached hydrogens (tertiary/aromatic N) is 1. The maximum Gasteiger partial charge on any atom is 0.180 e. The molecule has 1 nitrogen and oxygen atoms in total. The van der Waals surface area contributed by atoms with E-state index in [0.717, 1.165) is 19.5 Å². The SMILES string of the molecule is c1ccc([N+]2CCC(c3ccccc3)(c3ccccc3)C2)cc1.